The third-order valence-corrected chi connectivity index (χ3v) is 4.66. The maximum atomic E-state index is 12.5. The number of carbonyl (C=O) groups is 3. The van der Waals surface area contributed by atoms with Gasteiger partial charge in [-0.1, -0.05) is 58.8 Å². The molecule has 1 aromatic carbocycles. The number of benzene rings is 1. The molecule has 0 fully saturated rings. The lowest BCUT2D eigenvalue weighted by Gasteiger charge is -2.17. The van der Waals surface area contributed by atoms with Gasteiger partial charge in [0, 0.05) is 6.42 Å². The van der Waals surface area contributed by atoms with Crippen LogP contribution < -0.4 is 4.74 Å². The number of unbranched alkanes of at least 4 members (excludes halogenated alkanes) is 7. The van der Waals surface area contributed by atoms with E-state index in [0.717, 1.165) is 51.4 Å². The van der Waals surface area contributed by atoms with Gasteiger partial charge >= 0.3 is 17.9 Å². The third kappa shape index (κ3) is 10.7. The van der Waals surface area contributed by atoms with E-state index in [1.54, 1.807) is 0 Å². The third-order valence-electron chi connectivity index (χ3n) is 4.66. The number of carboxylic acids is 1. The fourth-order valence-corrected chi connectivity index (χ4v) is 2.92. The van der Waals surface area contributed by atoms with Crippen LogP contribution in [0, 0.1) is 0 Å². The van der Waals surface area contributed by atoms with Crippen molar-refractivity contribution in [1.29, 1.82) is 0 Å². The van der Waals surface area contributed by atoms with E-state index >= 15 is 0 Å². The topological polar surface area (TPSA) is 89.9 Å². The normalized spacial score (nSPS) is 11.7. The Kier molecular flexibility index (Phi) is 12.4. The Morgan fingerprint density at radius 3 is 2.03 bits per heavy atom. The first-order valence-electron chi connectivity index (χ1n) is 10.7. The van der Waals surface area contributed by atoms with Gasteiger partial charge in [-0.2, -0.15) is 0 Å². The number of hydrogen-bond donors (Lipinski definition) is 1. The molecule has 1 rings (SSSR count). The highest BCUT2D eigenvalue weighted by Gasteiger charge is 2.24. The van der Waals surface area contributed by atoms with Gasteiger partial charge in [-0.15, -0.1) is 0 Å². The number of carbonyl (C=O) groups excluding carboxylic acids is 2. The molecule has 0 heterocycles. The molecular formula is C23H34O6. The molecule has 6 heteroatoms. The molecule has 0 aliphatic heterocycles. The highest BCUT2D eigenvalue weighted by molar-refractivity contribution is 5.88. The SMILES string of the molecule is CCCCCCCC(=O)OC(=O)C(CCCCCC)Oc1ccc(C(=O)O)cc1. The van der Waals surface area contributed by atoms with Gasteiger partial charge in [-0.05, 0) is 43.5 Å². The Labute approximate surface area is 173 Å². The second-order valence-electron chi connectivity index (χ2n) is 7.24. The van der Waals surface area contributed by atoms with Crippen molar-refractivity contribution in [2.24, 2.45) is 0 Å². The molecule has 0 amide bonds. The van der Waals surface area contributed by atoms with Crippen molar-refractivity contribution >= 4 is 17.9 Å². The van der Waals surface area contributed by atoms with Crippen LogP contribution in [0.15, 0.2) is 24.3 Å². The fraction of sp³-hybridized carbons (Fsp3) is 0.609. The van der Waals surface area contributed by atoms with Crippen molar-refractivity contribution in [2.45, 2.75) is 90.6 Å². The second-order valence-corrected chi connectivity index (χ2v) is 7.24. The summed E-state index contributed by atoms with van der Waals surface area (Å²) in [7, 11) is 0. The van der Waals surface area contributed by atoms with Gasteiger partial charge in [-0.25, -0.2) is 9.59 Å². The van der Waals surface area contributed by atoms with Crippen molar-refractivity contribution in [1.82, 2.24) is 0 Å². The van der Waals surface area contributed by atoms with Crippen molar-refractivity contribution in [3.8, 4) is 5.75 Å². The fourth-order valence-electron chi connectivity index (χ4n) is 2.92. The van der Waals surface area contributed by atoms with E-state index < -0.39 is 24.0 Å². The van der Waals surface area contributed by atoms with E-state index in [-0.39, 0.29) is 12.0 Å². The lowest BCUT2D eigenvalue weighted by molar-refractivity contribution is -0.165. The molecule has 29 heavy (non-hydrogen) atoms. The predicted molar refractivity (Wildman–Crippen MR) is 111 cm³/mol. The van der Waals surface area contributed by atoms with Crippen LogP contribution in [-0.2, 0) is 14.3 Å². The minimum atomic E-state index is -1.03. The maximum absolute atomic E-state index is 12.5. The lowest BCUT2D eigenvalue weighted by atomic mass is 10.1. The van der Waals surface area contributed by atoms with Crippen molar-refractivity contribution < 1.29 is 29.0 Å². The predicted octanol–water partition coefficient (Wildman–Crippen LogP) is 5.53. The molecule has 0 aliphatic carbocycles. The minimum Gasteiger partial charge on any atom is -0.479 e. The molecule has 162 valence electrons. The second kappa shape index (κ2) is 14.6. The molecule has 1 N–H and O–H groups in total. The maximum Gasteiger partial charge on any atom is 0.354 e. The van der Waals surface area contributed by atoms with Gasteiger partial charge < -0.3 is 14.6 Å². The average Bonchev–Trinajstić information content (AvgIpc) is 2.70. The average molecular weight is 407 g/mol. The van der Waals surface area contributed by atoms with Crippen LogP contribution in [-0.4, -0.2) is 29.1 Å². The molecule has 0 aromatic heterocycles. The van der Waals surface area contributed by atoms with Crippen LogP contribution in [0.4, 0.5) is 0 Å². The van der Waals surface area contributed by atoms with Crippen molar-refractivity contribution in [2.75, 3.05) is 0 Å². The van der Waals surface area contributed by atoms with E-state index in [1.165, 1.54) is 24.3 Å². The highest BCUT2D eigenvalue weighted by Crippen LogP contribution is 2.18. The zero-order valence-corrected chi connectivity index (χ0v) is 17.7. The summed E-state index contributed by atoms with van der Waals surface area (Å²) in [6.45, 7) is 4.23. The smallest absolute Gasteiger partial charge is 0.354 e. The molecule has 1 atom stereocenters. The van der Waals surface area contributed by atoms with E-state index in [0.29, 0.717) is 18.6 Å². The van der Waals surface area contributed by atoms with E-state index in [1.807, 2.05) is 0 Å². The standard InChI is InChI=1S/C23H34O6/c1-3-5-7-9-11-13-21(24)29-23(27)20(12-10-8-6-4-2)28-19-16-14-18(15-17-19)22(25)26/h14-17,20H,3-13H2,1-2H3,(H,25,26). The van der Waals surface area contributed by atoms with Crippen LogP contribution in [0.25, 0.3) is 0 Å². The zero-order chi connectivity index (χ0) is 21.5. The van der Waals surface area contributed by atoms with E-state index in [4.69, 9.17) is 14.6 Å². The number of hydrogen-bond acceptors (Lipinski definition) is 5. The molecule has 0 bridgehead atoms. The summed E-state index contributed by atoms with van der Waals surface area (Å²) in [5.74, 6) is -1.85. The van der Waals surface area contributed by atoms with Crippen LogP contribution >= 0.6 is 0 Å². The van der Waals surface area contributed by atoms with Crippen LogP contribution in [0.1, 0.15) is 94.8 Å². The first-order chi connectivity index (χ1) is 14.0. The Hall–Kier alpha value is -2.37. The molecule has 6 nitrogen and oxygen atoms in total. The van der Waals surface area contributed by atoms with Crippen LogP contribution in [0.5, 0.6) is 5.75 Å². The Balaban J connectivity index is 2.61. The first kappa shape index (κ1) is 24.7. The van der Waals surface area contributed by atoms with E-state index in [9.17, 15) is 14.4 Å². The summed E-state index contributed by atoms with van der Waals surface area (Å²) in [4.78, 5) is 35.4. The van der Waals surface area contributed by atoms with Gasteiger partial charge in [0.1, 0.15) is 5.75 Å². The largest absolute Gasteiger partial charge is 0.479 e. The van der Waals surface area contributed by atoms with Gasteiger partial charge in [0.25, 0.3) is 0 Å². The number of ether oxygens (including phenoxy) is 2. The molecule has 1 aromatic rings. The molecular weight excluding hydrogens is 372 g/mol. The lowest BCUT2D eigenvalue weighted by Crippen LogP contribution is -2.31. The summed E-state index contributed by atoms with van der Waals surface area (Å²) in [5.41, 5.74) is 0.137. The van der Waals surface area contributed by atoms with Gasteiger partial charge in [0.2, 0.25) is 0 Å². The molecule has 0 aliphatic rings. The quantitative estimate of drug-likeness (QED) is 0.234. The number of carboxylic acid groups (broad SMARTS) is 1. The van der Waals surface area contributed by atoms with Gasteiger partial charge in [0.15, 0.2) is 6.10 Å². The van der Waals surface area contributed by atoms with Crippen molar-refractivity contribution in [3.05, 3.63) is 29.8 Å². The van der Waals surface area contributed by atoms with Gasteiger partial charge in [0.05, 0.1) is 5.56 Å². The van der Waals surface area contributed by atoms with E-state index in [2.05, 4.69) is 13.8 Å². The molecule has 0 saturated heterocycles. The summed E-state index contributed by atoms with van der Waals surface area (Å²) >= 11 is 0. The summed E-state index contributed by atoms with van der Waals surface area (Å²) in [5, 5.41) is 8.98. The Bertz CT molecular complexity index is 623. The summed E-state index contributed by atoms with van der Waals surface area (Å²) in [6.07, 6.45) is 8.69. The van der Waals surface area contributed by atoms with Gasteiger partial charge in [-0.3, -0.25) is 4.79 Å². The monoisotopic (exact) mass is 406 g/mol. The Morgan fingerprint density at radius 2 is 1.45 bits per heavy atom. The number of aromatic carboxylic acids is 1. The summed E-state index contributed by atoms with van der Waals surface area (Å²) < 4.78 is 10.7. The zero-order valence-electron chi connectivity index (χ0n) is 17.7. The van der Waals surface area contributed by atoms with Crippen LogP contribution in [0.3, 0.4) is 0 Å². The molecule has 1 unspecified atom stereocenters. The van der Waals surface area contributed by atoms with Crippen LogP contribution in [0.2, 0.25) is 0 Å². The Morgan fingerprint density at radius 1 is 0.862 bits per heavy atom. The molecule has 0 spiro atoms. The first-order valence-corrected chi connectivity index (χ1v) is 10.7. The van der Waals surface area contributed by atoms with Crippen molar-refractivity contribution in [3.63, 3.8) is 0 Å². The summed E-state index contributed by atoms with van der Waals surface area (Å²) in [6, 6.07) is 5.84. The molecule has 0 radical (unpaired) electrons. The minimum absolute atomic E-state index is 0.137. The number of rotatable bonds is 15. The highest BCUT2D eigenvalue weighted by atomic mass is 16.6. The molecule has 0 saturated carbocycles. The number of esters is 2.